The second-order valence-electron chi connectivity index (χ2n) is 4.80. The van der Waals surface area contributed by atoms with Gasteiger partial charge in [-0.3, -0.25) is 10.1 Å². The molecule has 0 saturated carbocycles. The van der Waals surface area contributed by atoms with Crippen LogP contribution in [0.4, 0.5) is 20.2 Å². The molecule has 0 unspecified atom stereocenters. The lowest BCUT2D eigenvalue weighted by Gasteiger charge is -2.09. The van der Waals surface area contributed by atoms with Crippen molar-refractivity contribution in [3.05, 3.63) is 63.7 Å². The van der Waals surface area contributed by atoms with Gasteiger partial charge in [-0.15, -0.1) is 0 Å². The first kappa shape index (κ1) is 16.8. The molecule has 0 aliphatic rings. The number of sulfone groups is 1. The molecule has 0 spiro atoms. The SMILES string of the molecule is CS(=O)(=O)c1cc(NCc2cc(F)ccc2F)ccc1[N+](=O)[O-]. The predicted molar refractivity (Wildman–Crippen MR) is 79.9 cm³/mol. The molecular formula is C14H12F2N2O4S. The van der Waals surface area contributed by atoms with Crippen molar-refractivity contribution >= 4 is 21.2 Å². The molecule has 122 valence electrons. The molecule has 23 heavy (non-hydrogen) atoms. The van der Waals surface area contributed by atoms with E-state index >= 15 is 0 Å². The molecule has 2 aromatic rings. The quantitative estimate of drug-likeness (QED) is 0.666. The second kappa shape index (κ2) is 6.29. The topological polar surface area (TPSA) is 89.3 Å². The van der Waals surface area contributed by atoms with E-state index in [1.807, 2.05) is 0 Å². The van der Waals surface area contributed by atoms with E-state index < -0.39 is 37.0 Å². The summed E-state index contributed by atoms with van der Waals surface area (Å²) in [4.78, 5) is 9.62. The minimum Gasteiger partial charge on any atom is -0.381 e. The van der Waals surface area contributed by atoms with Crippen LogP contribution in [-0.2, 0) is 16.4 Å². The van der Waals surface area contributed by atoms with E-state index in [1.54, 1.807) is 0 Å². The molecule has 0 amide bonds. The van der Waals surface area contributed by atoms with Crippen LogP contribution in [0.2, 0.25) is 0 Å². The highest BCUT2D eigenvalue weighted by Crippen LogP contribution is 2.27. The monoisotopic (exact) mass is 342 g/mol. The predicted octanol–water partition coefficient (Wildman–Crippen LogP) is 2.89. The summed E-state index contributed by atoms with van der Waals surface area (Å²) in [5.41, 5.74) is -0.265. The lowest BCUT2D eigenvalue weighted by molar-refractivity contribution is -0.387. The van der Waals surface area contributed by atoms with Crippen LogP contribution < -0.4 is 5.32 Å². The van der Waals surface area contributed by atoms with E-state index in [0.717, 1.165) is 36.6 Å². The van der Waals surface area contributed by atoms with Crippen LogP contribution in [0.5, 0.6) is 0 Å². The Labute approximate surface area is 130 Å². The van der Waals surface area contributed by atoms with Gasteiger partial charge in [0.2, 0.25) is 0 Å². The van der Waals surface area contributed by atoms with Crippen molar-refractivity contribution in [1.82, 2.24) is 0 Å². The summed E-state index contributed by atoms with van der Waals surface area (Å²) in [6, 6.07) is 6.39. The van der Waals surface area contributed by atoms with E-state index in [9.17, 15) is 27.3 Å². The zero-order valence-corrected chi connectivity index (χ0v) is 12.7. The van der Waals surface area contributed by atoms with Crippen LogP contribution in [0.15, 0.2) is 41.3 Å². The number of hydrogen-bond donors (Lipinski definition) is 1. The van der Waals surface area contributed by atoms with Crippen LogP contribution in [0, 0.1) is 21.7 Å². The third-order valence-corrected chi connectivity index (χ3v) is 4.17. The Kier molecular flexibility index (Phi) is 4.60. The highest BCUT2D eigenvalue weighted by molar-refractivity contribution is 7.90. The number of nitrogens with zero attached hydrogens (tertiary/aromatic N) is 1. The number of nitrogens with one attached hydrogen (secondary N) is 1. The van der Waals surface area contributed by atoms with Gasteiger partial charge < -0.3 is 5.32 Å². The first-order valence-corrected chi connectivity index (χ1v) is 8.24. The molecule has 0 radical (unpaired) electrons. The van der Waals surface area contributed by atoms with Gasteiger partial charge >= 0.3 is 0 Å². The maximum Gasteiger partial charge on any atom is 0.288 e. The van der Waals surface area contributed by atoms with Crippen molar-refractivity contribution in [2.45, 2.75) is 11.4 Å². The molecule has 9 heteroatoms. The van der Waals surface area contributed by atoms with Gasteiger partial charge in [0.1, 0.15) is 16.5 Å². The number of nitro groups is 1. The second-order valence-corrected chi connectivity index (χ2v) is 6.79. The van der Waals surface area contributed by atoms with E-state index in [1.165, 1.54) is 6.07 Å². The molecular weight excluding hydrogens is 330 g/mol. The summed E-state index contributed by atoms with van der Waals surface area (Å²) in [5, 5.41) is 13.6. The van der Waals surface area contributed by atoms with Crippen molar-refractivity contribution < 1.29 is 22.1 Å². The summed E-state index contributed by atoms with van der Waals surface area (Å²) in [6.07, 6.45) is 0.853. The van der Waals surface area contributed by atoms with Gasteiger partial charge in [0.05, 0.1) is 4.92 Å². The Morgan fingerprint density at radius 1 is 1.17 bits per heavy atom. The fraction of sp³-hybridized carbons (Fsp3) is 0.143. The van der Waals surface area contributed by atoms with Gasteiger partial charge in [0.25, 0.3) is 5.69 Å². The van der Waals surface area contributed by atoms with Crippen molar-refractivity contribution in [3.8, 4) is 0 Å². The zero-order valence-electron chi connectivity index (χ0n) is 11.9. The molecule has 2 rings (SSSR count). The Balaban J connectivity index is 2.31. The maximum atomic E-state index is 13.5. The van der Waals surface area contributed by atoms with Crippen LogP contribution in [0.1, 0.15) is 5.56 Å². The summed E-state index contributed by atoms with van der Waals surface area (Å²) < 4.78 is 49.9. The van der Waals surface area contributed by atoms with Gasteiger partial charge in [-0.25, -0.2) is 17.2 Å². The summed E-state index contributed by atoms with van der Waals surface area (Å²) >= 11 is 0. The minimum absolute atomic E-state index is 0.0456. The van der Waals surface area contributed by atoms with E-state index in [4.69, 9.17) is 0 Å². The number of benzene rings is 2. The van der Waals surface area contributed by atoms with Gasteiger partial charge in [-0.05, 0) is 30.3 Å². The third-order valence-electron chi connectivity index (χ3n) is 3.05. The van der Waals surface area contributed by atoms with Crippen LogP contribution >= 0.6 is 0 Å². The lowest BCUT2D eigenvalue weighted by Crippen LogP contribution is -2.06. The van der Waals surface area contributed by atoms with Crippen LogP contribution in [0.25, 0.3) is 0 Å². The highest BCUT2D eigenvalue weighted by Gasteiger charge is 2.22. The number of nitro benzene ring substituents is 1. The summed E-state index contributed by atoms with van der Waals surface area (Å²) in [7, 11) is -3.81. The van der Waals surface area contributed by atoms with Crippen molar-refractivity contribution in [3.63, 3.8) is 0 Å². The van der Waals surface area contributed by atoms with E-state index in [0.29, 0.717) is 0 Å². The van der Waals surface area contributed by atoms with Crippen LogP contribution in [-0.4, -0.2) is 19.6 Å². The molecule has 0 atom stereocenters. The number of rotatable bonds is 5. The molecule has 2 aromatic carbocycles. The molecule has 0 fully saturated rings. The van der Waals surface area contributed by atoms with E-state index in [-0.39, 0.29) is 17.8 Å². The standard InChI is InChI=1S/C14H12F2N2O4S/c1-23(21,22)14-7-11(3-5-13(14)18(19)20)17-8-9-6-10(15)2-4-12(9)16/h2-7,17H,8H2,1H3. The number of anilines is 1. The Bertz CT molecular complexity index is 869. The molecule has 0 heterocycles. The molecule has 0 saturated heterocycles. The normalized spacial score (nSPS) is 11.3. The zero-order chi connectivity index (χ0) is 17.2. The maximum absolute atomic E-state index is 13.5. The molecule has 0 aliphatic carbocycles. The highest BCUT2D eigenvalue weighted by atomic mass is 32.2. The first-order chi connectivity index (χ1) is 10.7. The number of hydrogen-bond acceptors (Lipinski definition) is 5. The Hall–Kier alpha value is -2.55. The van der Waals surface area contributed by atoms with Crippen molar-refractivity contribution in [2.24, 2.45) is 0 Å². The van der Waals surface area contributed by atoms with Gasteiger partial charge in [-0.2, -0.15) is 0 Å². The number of halogens is 2. The van der Waals surface area contributed by atoms with Crippen LogP contribution in [0.3, 0.4) is 0 Å². The average Bonchev–Trinajstić information content (AvgIpc) is 2.47. The fourth-order valence-corrected chi connectivity index (χ4v) is 2.81. The molecule has 6 nitrogen and oxygen atoms in total. The largest absolute Gasteiger partial charge is 0.381 e. The molecule has 0 aliphatic heterocycles. The Morgan fingerprint density at radius 3 is 2.48 bits per heavy atom. The molecule has 1 N–H and O–H groups in total. The molecule has 0 aromatic heterocycles. The van der Waals surface area contributed by atoms with E-state index in [2.05, 4.69) is 5.32 Å². The third kappa shape index (κ3) is 4.01. The Morgan fingerprint density at radius 2 is 1.87 bits per heavy atom. The van der Waals surface area contributed by atoms with Crippen molar-refractivity contribution in [2.75, 3.05) is 11.6 Å². The summed E-state index contributed by atoms with van der Waals surface area (Å²) in [5.74, 6) is -1.23. The fourth-order valence-electron chi connectivity index (χ4n) is 1.95. The lowest BCUT2D eigenvalue weighted by atomic mass is 10.2. The smallest absolute Gasteiger partial charge is 0.288 e. The van der Waals surface area contributed by atoms with Crippen molar-refractivity contribution in [1.29, 1.82) is 0 Å². The summed E-state index contributed by atoms with van der Waals surface area (Å²) in [6.45, 7) is -0.107. The van der Waals surface area contributed by atoms with Gasteiger partial charge in [0, 0.05) is 30.1 Å². The minimum atomic E-state index is -3.81. The molecule has 0 bridgehead atoms. The first-order valence-electron chi connectivity index (χ1n) is 6.35. The van der Waals surface area contributed by atoms with Gasteiger partial charge in [-0.1, -0.05) is 0 Å². The average molecular weight is 342 g/mol. The van der Waals surface area contributed by atoms with Gasteiger partial charge in [0.15, 0.2) is 9.84 Å².